The molecule has 1 unspecified atom stereocenters. The summed E-state index contributed by atoms with van der Waals surface area (Å²) in [5.41, 5.74) is -0.612. The van der Waals surface area contributed by atoms with Crippen molar-refractivity contribution in [2.45, 2.75) is 11.6 Å². The number of rotatable bonds is 2. The summed E-state index contributed by atoms with van der Waals surface area (Å²) in [7, 11) is 1.67. The summed E-state index contributed by atoms with van der Waals surface area (Å²) in [5, 5.41) is 2.72. The van der Waals surface area contributed by atoms with Crippen LogP contribution in [0, 0.1) is 0 Å². The van der Waals surface area contributed by atoms with Crippen molar-refractivity contribution in [2.24, 2.45) is 0 Å². The van der Waals surface area contributed by atoms with Gasteiger partial charge >= 0.3 is 87.6 Å². The van der Waals surface area contributed by atoms with Gasteiger partial charge in [0, 0.05) is 0 Å². The van der Waals surface area contributed by atoms with Gasteiger partial charge in [-0.05, 0) is 0 Å². The predicted octanol–water partition coefficient (Wildman–Crippen LogP) is -0.715. The van der Waals surface area contributed by atoms with E-state index >= 15 is 0 Å². The van der Waals surface area contributed by atoms with Crippen LogP contribution in [0.4, 0.5) is 13.2 Å². The van der Waals surface area contributed by atoms with Crippen LogP contribution in [0.3, 0.4) is 0 Å². The van der Waals surface area contributed by atoms with Crippen LogP contribution in [-0.2, 0) is 0 Å². The van der Waals surface area contributed by atoms with E-state index in [1.54, 1.807) is 15.0 Å². The average molecular weight is 322 g/mol. The molecule has 0 saturated carbocycles. The predicted molar refractivity (Wildman–Crippen MR) is 43.7 cm³/mol. The van der Waals surface area contributed by atoms with Gasteiger partial charge in [-0.2, -0.15) is 0 Å². The van der Waals surface area contributed by atoms with Crippen LogP contribution in [0.25, 0.3) is 0 Å². The van der Waals surface area contributed by atoms with E-state index < -0.39 is 11.7 Å². The molecule has 0 aliphatic carbocycles. The number of alkyl halides is 4. The number of allylic oxidation sites excluding steroid dienone is 2. The van der Waals surface area contributed by atoms with Crippen LogP contribution in [0.5, 0.6) is 0 Å². The number of halogens is 4. The molecule has 1 aliphatic heterocycles. The summed E-state index contributed by atoms with van der Waals surface area (Å²) in [6, 6.07) is 0. The third kappa shape index (κ3) is 3.41. The molecule has 0 aromatic rings. The van der Waals surface area contributed by atoms with Gasteiger partial charge in [-0.15, -0.1) is 0 Å². The summed E-state index contributed by atoms with van der Waals surface area (Å²) >= 11 is 0.0313. The summed E-state index contributed by atoms with van der Waals surface area (Å²) in [6.45, 7) is 0. The maximum absolute atomic E-state index is 12.1. The fraction of sp³-hybridized carbons (Fsp3) is 0.429. The van der Waals surface area contributed by atoms with Gasteiger partial charge in [0.15, 0.2) is 0 Å². The van der Waals surface area contributed by atoms with Crippen LogP contribution in [-0.4, -0.2) is 16.5 Å². The first-order valence-electron chi connectivity index (χ1n) is 3.41. The molecule has 13 heavy (non-hydrogen) atoms. The van der Waals surface area contributed by atoms with Crippen molar-refractivity contribution in [3.8, 4) is 0 Å². The molecule has 0 bridgehead atoms. The van der Waals surface area contributed by atoms with Gasteiger partial charge in [-0.3, -0.25) is 0 Å². The van der Waals surface area contributed by atoms with E-state index in [1.807, 2.05) is 0 Å². The molecule has 0 fully saturated rings. The van der Waals surface area contributed by atoms with Crippen molar-refractivity contribution in [1.82, 2.24) is 5.32 Å². The molecule has 1 atom stereocenters. The van der Waals surface area contributed by atoms with Crippen molar-refractivity contribution in [1.29, 1.82) is 0 Å². The third-order valence-corrected chi connectivity index (χ3v) is 5.20. The number of nitrogens with one attached hydrogen (secondary N) is 1. The van der Waals surface area contributed by atoms with Crippen molar-refractivity contribution < 1.29 is 33.0 Å². The zero-order valence-electron chi connectivity index (χ0n) is 6.73. The van der Waals surface area contributed by atoms with Crippen LogP contribution in [0.1, 0.15) is 0 Å². The molecule has 1 nitrogen and oxygen atoms in total. The van der Waals surface area contributed by atoms with Crippen LogP contribution in [0.15, 0.2) is 23.9 Å². The SMILES string of the molecule is C[I-]SC1C=CC(C(F)(F)F)=CN1. The maximum atomic E-state index is 12.1. The first-order chi connectivity index (χ1) is 6.04. The Labute approximate surface area is 87.5 Å². The van der Waals surface area contributed by atoms with Gasteiger partial charge in [0.1, 0.15) is 0 Å². The monoisotopic (exact) mass is 322 g/mol. The number of hydrogen-bond acceptors (Lipinski definition) is 2. The van der Waals surface area contributed by atoms with Crippen molar-refractivity contribution in [3.63, 3.8) is 0 Å². The van der Waals surface area contributed by atoms with Gasteiger partial charge in [0.05, 0.1) is 0 Å². The average Bonchev–Trinajstić information content (AvgIpc) is 2.04. The molecule has 1 aliphatic rings. The second-order valence-electron chi connectivity index (χ2n) is 2.29. The van der Waals surface area contributed by atoms with Crippen molar-refractivity contribution in [2.75, 3.05) is 4.93 Å². The Kier molecular flexibility index (Phi) is 3.96. The summed E-state index contributed by atoms with van der Waals surface area (Å²) in [6.07, 6.45) is -0.512. The standard InChI is InChI=1S/C7H8F3INS/c1-11-13-6-3-2-5(4-12-6)7(8,9)10/h2-4,6,12H,1H3/q-1. The Morgan fingerprint density at radius 2 is 2.23 bits per heavy atom. The Morgan fingerprint density at radius 1 is 1.54 bits per heavy atom. The third-order valence-electron chi connectivity index (χ3n) is 1.37. The fourth-order valence-corrected chi connectivity index (χ4v) is 3.84. The van der Waals surface area contributed by atoms with E-state index in [0.29, 0.717) is 0 Å². The number of hydrogen-bond donors (Lipinski definition) is 1. The van der Waals surface area contributed by atoms with E-state index in [2.05, 4.69) is 10.2 Å². The van der Waals surface area contributed by atoms with Crippen LogP contribution >= 0.6 is 8.93 Å². The number of dihydropyridines is 1. The first kappa shape index (κ1) is 11.2. The minimum absolute atomic E-state index is 0.0175. The summed E-state index contributed by atoms with van der Waals surface area (Å²) < 4.78 is 36.3. The Morgan fingerprint density at radius 3 is 2.62 bits per heavy atom. The second kappa shape index (κ2) is 4.59. The quantitative estimate of drug-likeness (QED) is 0.532. The Hall–Kier alpha value is 0.150. The molecule has 76 valence electrons. The molecule has 6 heteroatoms. The zero-order valence-corrected chi connectivity index (χ0v) is 9.70. The van der Waals surface area contributed by atoms with Gasteiger partial charge in [0.2, 0.25) is 0 Å². The van der Waals surface area contributed by atoms with E-state index in [-0.39, 0.29) is 25.2 Å². The summed E-state index contributed by atoms with van der Waals surface area (Å²) in [5.74, 6) is 0. The van der Waals surface area contributed by atoms with Crippen molar-refractivity contribution in [3.05, 3.63) is 23.9 Å². The van der Waals surface area contributed by atoms with Gasteiger partial charge in [0.25, 0.3) is 0 Å². The van der Waals surface area contributed by atoms with Crippen LogP contribution in [0.2, 0.25) is 0 Å². The van der Waals surface area contributed by atoms with Gasteiger partial charge in [-0.25, -0.2) is 0 Å². The second-order valence-corrected chi connectivity index (χ2v) is 7.45. The minimum atomic E-state index is -4.24. The summed E-state index contributed by atoms with van der Waals surface area (Å²) in [4.78, 5) is 2.07. The van der Waals surface area contributed by atoms with Gasteiger partial charge < -0.3 is 0 Å². The fourth-order valence-electron chi connectivity index (χ4n) is 0.794. The molecule has 0 aromatic carbocycles. The van der Waals surface area contributed by atoms with E-state index in [1.165, 1.54) is 0 Å². The molecule has 1 rings (SSSR count). The molecule has 0 radical (unpaired) electrons. The normalized spacial score (nSPS) is 22.8. The van der Waals surface area contributed by atoms with Crippen molar-refractivity contribution >= 4 is 8.93 Å². The van der Waals surface area contributed by atoms with Gasteiger partial charge in [-0.1, -0.05) is 0 Å². The Balaban J connectivity index is 2.55. The van der Waals surface area contributed by atoms with Crippen LogP contribution < -0.4 is 25.1 Å². The topological polar surface area (TPSA) is 12.0 Å². The Bertz CT molecular complexity index is 236. The molecule has 0 saturated heterocycles. The zero-order chi connectivity index (χ0) is 9.90. The molecular formula is C7H8F3INS-. The molecular weight excluding hydrogens is 314 g/mol. The van der Waals surface area contributed by atoms with E-state index in [9.17, 15) is 13.2 Å². The molecule has 0 amide bonds. The molecule has 0 aromatic heterocycles. The molecule has 1 N–H and O–H groups in total. The molecule has 0 spiro atoms. The van der Waals surface area contributed by atoms with E-state index in [0.717, 1.165) is 12.3 Å². The first-order valence-corrected chi connectivity index (χ1v) is 8.99. The molecule has 1 heterocycles. The van der Waals surface area contributed by atoms with E-state index in [4.69, 9.17) is 0 Å².